The van der Waals surface area contributed by atoms with Crippen LogP contribution >= 0.6 is 0 Å². The first-order valence-electron chi connectivity index (χ1n) is 5.82. The first-order valence-corrected chi connectivity index (χ1v) is 5.82. The summed E-state index contributed by atoms with van der Waals surface area (Å²) in [5.41, 5.74) is 6.34. The van der Waals surface area contributed by atoms with E-state index in [-0.39, 0.29) is 11.9 Å². The molecule has 2 N–H and O–H groups in total. The fourth-order valence-electron chi connectivity index (χ4n) is 1.70. The van der Waals surface area contributed by atoms with Crippen molar-refractivity contribution in [2.24, 2.45) is 5.73 Å². The summed E-state index contributed by atoms with van der Waals surface area (Å²) in [4.78, 5) is 1.95. The number of benzene rings is 1. The summed E-state index contributed by atoms with van der Waals surface area (Å²) in [5.74, 6) is -0.155. The minimum atomic E-state index is -0.155. The predicted octanol–water partition coefficient (Wildman–Crippen LogP) is 2.78. The lowest BCUT2D eigenvalue weighted by Gasteiger charge is -2.19. The highest BCUT2D eigenvalue weighted by molar-refractivity contribution is 5.46. The predicted molar refractivity (Wildman–Crippen MR) is 67.2 cm³/mol. The Bertz CT molecular complexity index is 313. The van der Waals surface area contributed by atoms with E-state index >= 15 is 0 Å². The number of unbranched alkanes of at least 4 members (excludes halogenated alkanes) is 1. The van der Waals surface area contributed by atoms with Crippen LogP contribution in [0.1, 0.15) is 26.2 Å². The molecule has 0 amide bonds. The van der Waals surface area contributed by atoms with Gasteiger partial charge in [0.15, 0.2) is 0 Å². The highest BCUT2D eigenvalue weighted by atomic mass is 19.1. The third kappa shape index (κ3) is 4.19. The normalized spacial score (nSPS) is 12.5. The van der Waals surface area contributed by atoms with Crippen LogP contribution in [0.15, 0.2) is 24.3 Å². The molecule has 1 atom stereocenters. The number of rotatable bonds is 6. The molecule has 0 saturated heterocycles. The van der Waals surface area contributed by atoms with Gasteiger partial charge in [0.05, 0.1) is 5.69 Å². The first kappa shape index (κ1) is 13.0. The number of nitrogens with zero attached hydrogens (tertiary/aromatic N) is 1. The molecule has 0 aromatic heterocycles. The van der Waals surface area contributed by atoms with Gasteiger partial charge in [-0.3, -0.25) is 0 Å². The van der Waals surface area contributed by atoms with Gasteiger partial charge in [-0.05, 0) is 31.9 Å². The Kier molecular flexibility index (Phi) is 5.26. The fourth-order valence-corrected chi connectivity index (χ4v) is 1.70. The van der Waals surface area contributed by atoms with Crippen molar-refractivity contribution in [3.8, 4) is 0 Å². The Morgan fingerprint density at radius 2 is 2.00 bits per heavy atom. The molecular formula is C13H21FN2. The maximum absolute atomic E-state index is 13.4. The SMILES string of the molecule is CC(N)CCCCN(C)c1ccccc1F. The largest absolute Gasteiger partial charge is 0.372 e. The maximum atomic E-state index is 13.4. The Morgan fingerprint density at radius 3 is 2.62 bits per heavy atom. The van der Waals surface area contributed by atoms with Crippen molar-refractivity contribution in [3.05, 3.63) is 30.1 Å². The molecule has 1 rings (SSSR count). The van der Waals surface area contributed by atoms with Crippen molar-refractivity contribution in [1.82, 2.24) is 0 Å². The summed E-state index contributed by atoms with van der Waals surface area (Å²) >= 11 is 0. The fraction of sp³-hybridized carbons (Fsp3) is 0.538. The summed E-state index contributed by atoms with van der Waals surface area (Å²) in [5, 5.41) is 0. The van der Waals surface area contributed by atoms with Crippen molar-refractivity contribution in [3.63, 3.8) is 0 Å². The Morgan fingerprint density at radius 1 is 1.31 bits per heavy atom. The second-order valence-corrected chi connectivity index (χ2v) is 4.35. The molecule has 0 fully saturated rings. The zero-order valence-electron chi connectivity index (χ0n) is 10.1. The molecule has 0 aliphatic rings. The topological polar surface area (TPSA) is 29.3 Å². The van der Waals surface area contributed by atoms with E-state index in [0.717, 1.165) is 25.8 Å². The standard InChI is InChI=1S/C13H21FN2/c1-11(15)7-5-6-10-16(2)13-9-4-3-8-12(13)14/h3-4,8-9,11H,5-7,10,15H2,1-2H3. The van der Waals surface area contributed by atoms with Crippen molar-refractivity contribution in [2.45, 2.75) is 32.2 Å². The van der Waals surface area contributed by atoms with Gasteiger partial charge in [-0.25, -0.2) is 4.39 Å². The summed E-state index contributed by atoms with van der Waals surface area (Å²) < 4.78 is 13.4. The van der Waals surface area contributed by atoms with Gasteiger partial charge in [-0.15, -0.1) is 0 Å². The van der Waals surface area contributed by atoms with Crippen LogP contribution in [0.5, 0.6) is 0 Å². The van der Waals surface area contributed by atoms with Gasteiger partial charge in [-0.1, -0.05) is 18.6 Å². The molecule has 0 saturated carbocycles. The monoisotopic (exact) mass is 224 g/mol. The van der Waals surface area contributed by atoms with Gasteiger partial charge in [0.2, 0.25) is 0 Å². The number of hydrogen-bond donors (Lipinski definition) is 1. The van der Waals surface area contributed by atoms with E-state index in [2.05, 4.69) is 0 Å². The van der Waals surface area contributed by atoms with E-state index in [1.165, 1.54) is 6.07 Å². The minimum absolute atomic E-state index is 0.155. The average molecular weight is 224 g/mol. The molecule has 1 unspecified atom stereocenters. The number of para-hydroxylation sites is 1. The molecule has 0 heterocycles. The molecule has 0 aliphatic carbocycles. The zero-order chi connectivity index (χ0) is 12.0. The second-order valence-electron chi connectivity index (χ2n) is 4.35. The number of hydrogen-bond acceptors (Lipinski definition) is 2. The van der Waals surface area contributed by atoms with Crippen molar-refractivity contribution in [1.29, 1.82) is 0 Å². The molecule has 0 bridgehead atoms. The van der Waals surface area contributed by atoms with Crippen LogP contribution in [0.3, 0.4) is 0 Å². The second kappa shape index (κ2) is 6.48. The van der Waals surface area contributed by atoms with Gasteiger partial charge in [0, 0.05) is 19.6 Å². The number of anilines is 1. The molecule has 1 aromatic rings. The van der Waals surface area contributed by atoms with Gasteiger partial charge in [0.1, 0.15) is 5.82 Å². The van der Waals surface area contributed by atoms with E-state index in [9.17, 15) is 4.39 Å². The summed E-state index contributed by atoms with van der Waals surface area (Å²) in [6.07, 6.45) is 3.17. The highest BCUT2D eigenvalue weighted by Gasteiger charge is 2.05. The van der Waals surface area contributed by atoms with Gasteiger partial charge in [0.25, 0.3) is 0 Å². The lowest BCUT2D eigenvalue weighted by atomic mass is 10.1. The number of halogens is 1. The minimum Gasteiger partial charge on any atom is -0.372 e. The molecule has 0 aliphatic heterocycles. The molecule has 3 heteroatoms. The van der Waals surface area contributed by atoms with Gasteiger partial charge < -0.3 is 10.6 Å². The molecule has 2 nitrogen and oxygen atoms in total. The van der Waals surface area contributed by atoms with E-state index < -0.39 is 0 Å². The zero-order valence-corrected chi connectivity index (χ0v) is 10.1. The third-order valence-corrected chi connectivity index (χ3v) is 2.67. The summed E-state index contributed by atoms with van der Waals surface area (Å²) in [7, 11) is 1.92. The van der Waals surface area contributed by atoms with Crippen LogP contribution in [0.2, 0.25) is 0 Å². The molecule has 0 spiro atoms. The van der Waals surface area contributed by atoms with E-state index in [4.69, 9.17) is 5.73 Å². The van der Waals surface area contributed by atoms with Crippen LogP contribution in [-0.4, -0.2) is 19.6 Å². The van der Waals surface area contributed by atoms with E-state index in [1.807, 2.05) is 24.9 Å². The van der Waals surface area contributed by atoms with E-state index in [0.29, 0.717) is 5.69 Å². The Balaban J connectivity index is 2.35. The number of nitrogens with two attached hydrogens (primary N) is 1. The van der Waals surface area contributed by atoms with Crippen LogP contribution in [0.4, 0.5) is 10.1 Å². The van der Waals surface area contributed by atoms with Gasteiger partial charge in [-0.2, -0.15) is 0 Å². The summed E-state index contributed by atoms with van der Waals surface area (Å²) in [6.45, 7) is 2.88. The lowest BCUT2D eigenvalue weighted by molar-refractivity contribution is 0.588. The third-order valence-electron chi connectivity index (χ3n) is 2.67. The van der Waals surface area contributed by atoms with Crippen LogP contribution in [0, 0.1) is 5.82 Å². The molecule has 1 aromatic carbocycles. The summed E-state index contributed by atoms with van der Waals surface area (Å²) in [6, 6.07) is 7.13. The molecular weight excluding hydrogens is 203 g/mol. The average Bonchev–Trinajstić information content (AvgIpc) is 2.24. The van der Waals surface area contributed by atoms with E-state index in [1.54, 1.807) is 12.1 Å². The molecule has 16 heavy (non-hydrogen) atoms. The van der Waals surface area contributed by atoms with Crippen LogP contribution in [0.25, 0.3) is 0 Å². The first-order chi connectivity index (χ1) is 7.61. The van der Waals surface area contributed by atoms with Crippen LogP contribution < -0.4 is 10.6 Å². The molecule has 90 valence electrons. The van der Waals surface area contributed by atoms with Crippen molar-refractivity contribution >= 4 is 5.69 Å². The quantitative estimate of drug-likeness (QED) is 0.753. The Labute approximate surface area is 97.3 Å². The van der Waals surface area contributed by atoms with Gasteiger partial charge >= 0.3 is 0 Å². The van der Waals surface area contributed by atoms with Crippen LogP contribution in [-0.2, 0) is 0 Å². The Hall–Kier alpha value is -1.09. The maximum Gasteiger partial charge on any atom is 0.146 e. The van der Waals surface area contributed by atoms with Crippen molar-refractivity contribution < 1.29 is 4.39 Å². The smallest absolute Gasteiger partial charge is 0.146 e. The molecule has 0 radical (unpaired) electrons. The lowest BCUT2D eigenvalue weighted by Crippen LogP contribution is -2.20. The van der Waals surface area contributed by atoms with Crippen molar-refractivity contribution in [2.75, 3.05) is 18.5 Å². The highest BCUT2D eigenvalue weighted by Crippen LogP contribution is 2.17.